The lowest BCUT2D eigenvalue weighted by molar-refractivity contribution is -0.137. The molecule has 0 spiro atoms. The van der Waals surface area contributed by atoms with Gasteiger partial charge in [-0.1, -0.05) is 31.5 Å². The number of benzene rings is 1. The highest BCUT2D eigenvalue weighted by atomic mass is 16.4. The number of nitrogens with one attached hydrogen (secondary N) is 1. The summed E-state index contributed by atoms with van der Waals surface area (Å²) in [4.78, 5) is 10.7. The summed E-state index contributed by atoms with van der Waals surface area (Å²) in [5.74, 6) is -0.593. The number of fused-ring (bicyclic) bond motifs is 1. The first-order valence-corrected chi connectivity index (χ1v) is 5.79. The van der Waals surface area contributed by atoms with Gasteiger partial charge in [0.25, 0.3) is 0 Å². The summed E-state index contributed by atoms with van der Waals surface area (Å²) >= 11 is 0. The van der Waals surface area contributed by atoms with Crippen LogP contribution in [-0.4, -0.2) is 17.6 Å². The molecule has 0 saturated carbocycles. The molecule has 1 unspecified atom stereocenters. The van der Waals surface area contributed by atoms with Gasteiger partial charge in [0.2, 0.25) is 0 Å². The summed E-state index contributed by atoms with van der Waals surface area (Å²) in [6.07, 6.45) is 2.38. The number of anilines is 1. The van der Waals surface area contributed by atoms with E-state index in [1.807, 2.05) is 12.1 Å². The minimum absolute atomic E-state index is 0.129. The van der Waals surface area contributed by atoms with Crippen LogP contribution < -0.4 is 5.32 Å². The van der Waals surface area contributed by atoms with Crippen molar-refractivity contribution in [2.45, 2.75) is 32.1 Å². The van der Waals surface area contributed by atoms with Crippen molar-refractivity contribution in [2.24, 2.45) is 0 Å². The average Bonchev–Trinajstić information content (AvgIpc) is 2.63. The fraction of sp³-hybridized carbons (Fsp3) is 0.462. The molecule has 2 N–H and O–H groups in total. The van der Waals surface area contributed by atoms with E-state index in [4.69, 9.17) is 5.11 Å². The molecule has 0 amide bonds. The average molecular weight is 219 g/mol. The maximum absolute atomic E-state index is 10.7. The predicted octanol–water partition coefficient (Wildman–Crippen LogP) is 2.62. The zero-order valence-electron chi connectivity index (χ0n) is 9.49. The highest BCUT2D eigenvalue weighted by molar-refractivity contribution is 5.71. The minimum atomic E-state index is -0.722. The molecule has 86 valence electrons. The van der Waals surface area contributed by atoms with Gasteiger partial charge < -0.3 is 10.4 Å². The van der Waals surface area contributed by atoms with Crippen LogP contribution in [0.15, 0.2) is 18.2 Å². The van der Waals surface area contributed by atoms with Gasteiger partial charge in [-0.25, -0.2) is 0 Å². The SMILES string of the molecule is CCCc1cccc2c1NCC2CC(=O)O. The molecule has 2 rings (SSSR count). The lowest BCUT2D eigenvalue weighted by Crippen LogP contribution is -2.07. The third-order valence-electron chi connectivity index (χ3n) is 3.09. The Hall–Kier alpha value is -1.51. The van der Waals surface area contributed by atoms with E-state index in [1.165, 1.54) is 16.8 Å². The van der Waals surface area contributed by atoms with Crippen LogP contribution in [0.4, 0.5) is 5.69 Å². The van der Waals surface area contributed by atoms with Gasteiger partial charge in [-0.05, 0) is 17.5 Å². The number of hydrogen-bond donors (Lipinski definition) is 2. The lowest BCUT2D eigenvalue weighted by atomic mass is 9.95. The van der Waals surface area contributed by atoms with E-state index in [0.717, 1.165) is 19.4 Å². The largest absolute Gasteiger partial charge is 0.481 e. The van der Waals surface area contributed by atoms with Crippen molar-refractivity contribution in [3.8, 4) is 0 Å². The molecule has 0 fully saturated rings. The molecule has 0 radical (unpaired) electrons. The van der Waals surface area contributed by atoms with Crippen LogP contribution in [-0.2, 0) is 11.2 Å². The smallest absolute Gasteiger partial charge is 0.304 e. The number of rotatable bonds is 4. The van der Waals surface area contributed by atoms with Gasteiger partial charge in [0.15, 0.2) is 0 Å². The van der Waals surface area contributed by atoms with E-state index < -0.39 is 5.97 Å². The summed E-state index contributed by atoms with van der Waals surface area (Å²) in [7, 11) is 0. The van der Waals surface area contributed by atoms with Crippen LogP contribution in [0.2, 0.25) is 0 Å². The molecule has 1 atom stereocenters. The first-order chi connectivity index (χ1) is 7.72. The maximum Gasteiger partial charge on any atom is 0.304 e. The van der Waals surface area contributed by atoms with Gasteiger partial charge in [-0.15, -0.1) is 0 Å². The normalized spacial score (nSPS) is 17.9. The van der Waals surface area contributed by atoms with E-state index in [2.05, 4.69) is 18.3 Å². The second kappa shape index (κ2) is 4.56. The Balaban J connectivity index is 2.26. The summed E-state index contributed by atoms with van der Waals surface area (Å²) in [6, 6.07) is 6.20. The molecule has 0 aliphatic carbocycles. The van der Waals surface area contributed by atoms with Gasteiger partial charge in [0.1, 0.15) is 0 Å². The highest BCUT2D eigenvalue weighted by Gasteiger charge is 2.25. The van der Waals surface area contributed by atoms with Crippen molar-refractivity contribution in [1.29, 1.82) is 0 Å². The zero-order valence-corrected chi connectivity index (χ0v) is 9.49. The van der Waals surface area contributed by atoms with Crippen LogP contribution in [0, 0.1) is 0 Å². The van der Waals surface area contributed by atoms with Crippen LogP contribution in [0.1, 0.15) is 36.8 Å². The Kier molecular flexibility index (Phi) is 3.13. The van der Waals surface area contributed by atoms with E-state index in [-0.39, 0.29) is 12.3 Å². The molecular weight excluding hydrogens is 202 g/mol. The molecule has 1 aliphatic rings. The Morgan fingerprint density at radius 3 is 3.06 bits per heavy atom. The molecule has 3 nitrogen and oxygen atoms in total. The Labute approximate surface area is 95.5 Å². The number of carboxylic acid groups (broad SMARTS) is 1. The van der Waals surface area contributed by atoms with Gasteiger partial charge >= 0.3 is 5.97 Å². The van der Waals surface area contributed by atoms with Gasteiger partial charge in [0.05, 0.1) is 6.42 Å². The van der Waals surface area contributed by atoms with Crippen LogP contribution in [0.5, 0.6) is 0 Å². The standard InChI is InChI=1S/C13H17NO2/c1-2-4-9-5-3-6-11-10(7-12(15)16)8-14-13(9)11/h3,5-6,10,14H,2,4,7-8H2,1H3,(H,15,16). The highest BCUT2D eigenvalue weighted by Crippen LogP contribution is 2.36. The molecule has 3 heteroatoms. The Morgan fingerprint density at radius 2 is 2.38 bits per heavy atom. The molecule has 0 aromatic heterocycles. The van der Waals surface area contributed by atoms with E-state index >= 15 is 0 Å². The van der Waals surface area contributed by atoms with Gasteiger partial charge in [-0.3, -0.25) is 4.79 Å². The van der Waals surface area contributed by atoms with Crippen molar-refractivity contribution in [1.82, 2.24) is 0 Å². The monoisotopic (exact) mass is 219 g/mol. The summed E-state index contributed by atoms with van der Waals surface area (Å²) in [5, 5.41) is 12.2. The van der Waals surface area contributed by atoms with Crippen molar-refractivity contribution in [3.63, 3.8) is 0 Å². The van der Waals surface area contributed by atoms with E-state index in [1.54, 1.807) is 0 Å². The third kappa shape index (κ3) is 2.03. The van der Waals surface area contributed by atoms with E-state index in [0.29, 0.717) is 0 Å². The number of carboxylic acids is 1. The number of carbonyl (C=O) groups is 1. The van der Waals surface area contributed by atoms with Crippen LogP contribution >= 0.6 is 0 Å². The molecule has 1 heterocycles. The zero-order chi connectivity index (χ0) is 11.5. The molecular formula is C13H17NO2. The molecule has 0 bridgehead atoms. The second-order valence-corrected chi connectivity index (χ2v) is 4.31. The quantitative estimate of drug-likeness (QED) is 0.818. The molecule has 1 aromatic carbocycles. The minimum Gasteiger partial charge on any atom is -0.481 e. The lowest BCUT2D eigenvalue weighted by Gasteiger charge is -2.09. The van der Waals surface area contributed by atoms with Crippen LogP contribution in [0.3, 0.4) is 0 Å². The Bertz CT molecular complexity index is 401. The van der Waals surface area contributed by atoms with Crippen molar-refractivity contribution in [2.75, 3.05) is 11.9 Å². The molecule has 0 saturated heterocycles. The molecule has 1 aliphatic heterocycles. The third-order valence-corrected chi connectivity index (χ3v) is 3.09. The van der Waals surface area contributed by atoms with Gasteiger partial charge in [0, 0.05) is 18.2 Å². The Morgan fingerprint density at radius 1 is 1.56 bits per heavy atom. The summed E-state index contributed by atoms with van der Waals surface area (Å²) < 4.78 is 0. The first-order valence-electron chi connectivity index (χ1n) is 5.79. The number of aliphatic carboxylic acids is 1. The van der Waals surface area contributed by atoms with Crippen LogP contribution in [0.25, 0.3) is 0 Å². The molecule has 1 aromatic rings. The first kappa shape index (κ1) is 11.0. The summed E-state index contributed by atoms with van der Waals surface area (Å²) in [6.45, 7) is 2.91. The van der Waals surface area contributed by atoms with E-state index in [9.17, 15) is 4.79 Å². The fourth-order valence-electron chi connectivity index (χ4n) is 2.38. The van der Waals surface area contributed by atoms with Gasteiger partial charge in [-0.2, -0.15) is 0 Å². The maximum atomic E-state index is 10.7. The van der Waals surface area contributed by atoms with Crippen molar-refractivity contribution in [3.05, 3.63) is 29.3 Å². The van der Waals surface area contributed by atoms with Crippen molar-refractivity contribution >= 4 is 11.7 Å². The van der Waals surface area contributed by atoms with Crippen molar-refractivity contribution < 1.29 is 9.90 Å². The predicted molar refractivity (Wildman–Crippen MR) is 63.9 cm³/mol. The summed E-state index contributed by atoms with van der Waals surface area (Å²) in [5.41, 5.74) is 3.66. The fourth-order valence-corrected chi connectivity index (χ4v) is 2.38. The second-order valence-electron chi connectivity index (χ2n) is 4.31. The molecule has 16 heavy (non-hydrogen) atoms. The topological polar surface area (TPSA) is 49.3 Å². The number of hydrogen-bond acceptors (Lipinski definition) is 2. The number of para-hydroxylation sites is 1. The number of aryl methyl sites for hydroxylation is 1.